The van der Waals surface area contributed by atoms with Gasteiger partial charge in [0.2, 0.25) is 0 Å². The van der Waals surface area contributed by atoms with Gasteiger partial charge in [-0.15, -0.1) is 0 Å². The van der Waals surface area contributed by atoms with Gasteiger partial charge in [-0.2, -0.15) is 0 Å². The van der Waals surface area contributed by atoms with Gasteiger partial charge in [-0.1, -0.05) is 53.8 Å². The predicted octanol–water partition coefficient (Wildman–Crippen LogP) is 5.15. The van der Waals surface area contributed by atoms with Crippen LogP contribution in [-0.2, 0) is 4.79 Å². The first-order valence-electron chi connectivity index (χ1n) is 7.88. The largest absolute Gasteiger partial charge is 0.493 e. The maximum atomic E-state index is 12.9. The van der Waals surface area contributed by atoms with Crippen LogP contribution >= 0.6 is 35.6 Å². The van der Waals surface area contributed by atoms with Gasteiger partial charge in [-0.25, -0.2) is 0 Å². The summed E-state index contributed by atoms with van der Waals surface area (Å²) in [4.78, 5) is 14.9. The van der Waals surface area contributed by atoms with Gasteiger partial charge in [0.25, 0.3) is 5.91 Å². The maximum absolute atomic E-state index is 12.9. The Balaban J connectivity index is 1.99. The lowest BCUT2D eigenvalue weighted by atomic mass is 10.1. The van der Waals surface area contributed by atoms with Crippen molar-refractivity contribution in [1.29, 1.82) is 0 Å². The van der Waals surface area contributed by atoms with Crippen molar-refractivity contribution in [3.05, 3.63) is 58.0 Å². The fraction of sp³-hybridized carbons (Fsp3) is 0.158. The lowest BCUT2D eigenvalue weighted by Gasteiger charge is -2.14. The average Bonchev–Trinajstić information content (AvgIpc) is 2.90. The van der Waals surface area contributed by atoms with E-state index in [1.54, 1.807) is 37.5 Å². The fourth-order valence-corrected chi connectivity index (χ4v) is 4.03. The van der Waals surface area contributed by atoms with Gasteiger partial charge in [0.1, 0.15) is 0 Å². The minimum atomic E-state index is -0.187. The third-order valence-corrected chi connectivity index (χ3v) is 5.20. The second-order valence-electron chi connectivity index (χ2n) is 5.31. The van der Waals surface area contributed by atoms with Crippen LogP contribution in [0, 0.1) is 0 Å². The highest BCUT2D eigenvalue weighted by atomic mass is 35.5. The molecule has 0 aromatic heterocycles. The highest BCUT2D eigenvalue weighted by Gasteiger charge is 2.33. The number of halogens is 1. The van der Waals surface area contributed by atoms with Crippen molar-refractivity contribution in [2.75, 3.05) is 18.6 Å². The second-order valence-corrected chi connectivity index (χ2v) is 7.42. The van der Waals surface area contributed by atoms with E-state index in [0.29, 0.717) is 38.0 Å². The zero-order chi connectivity index (χ0) is 18.7. The summed E-state index contributed by atoms with van der Waals surface area (Å²) in [5.41, 5.74) is 1.41. The van der Waals surface area contributed by atoms with Crippen LogP contribution < -0.4 is 14.4 Å². The lowest BCUT2D eigenvalue weighted by molar-refractivity contribution is -0.113. The maximum Gasteiger partial charge on any atom is 0.270 e. The molecule has 0 spiro atoms. The Morgan fingerprint density at radius 2 is 2.04 bits per heavy atom. The van der Waals surface area contributed by atoms with E-state index >= 15 is 0 Å². The molecule has 1 fully saturated rings. The summed E-state index contributed by atoms with van der Waals surface area (Å²) >= 11 is 12.7. The highest BCUT2D eigenvalue weighted by Crippen LogP contribution is 2.39. The number of hydrogen-bond donors (Lipinski definition) is 0. The van der Waals surface area contributed by atoms with Gasteiger partial charge < -0.3 is 9.47 Å². The van der Waals surface area contributed by atoms with E-state index in [4.69, 9.17) is 33.3 Å². The fourth-order valence-electron chi connectivity index (χ4n) is 2.55. The van der Waals surface area contributed by atoms with E-state index in [2.05, 4.69) is 0 Å². The Hall–Kier alpha value is -2.02. The SMILES string of the molecule is CCOc1c(/C=C2\SC(=S)N(c3cccc(Cl)c3)C2=O)cccc1OC. The molecule has 134 valence electrons. The van der Waals surface area contributed by atoms with Crippen LogP contribution in [-0.4, -0.2) is 23.9 Å². The molecule has 0 atom stereocenters. The molecule has 7 heteroatoms. The number of nitrogens with zero attached hydrogens (tertiary/aromatic N) is 1. The van der Waals surface area contributed by atoms with E-state index in [1.165, 1.54) is 16.7 Å². The zero-order valence-corrected chi connectivity index (χ0v) is 16.6. The van der Waals surface area contributed by atoms with Crippen LogP contribution in [0.1, 0.15) is 12.5 Å². The number of carbonyl (C=O) groups is 1. The van der Waals surface area contributed by atoms with Crippen molar-refractivity contribution in [3.63, 3.8) is 0 Å². The summed E-state index contributed by atoms with van der Waals surface area (Å²) in [5, 5.41) is 0.548. The highest BCUT2D eigenvalue weighted by molar-refractivity contribution is 8.27. The molecule has 0 unspecified atom stereocenters. The van der Waals surface area contributed by atoms with Crippen molar-refractivity contribution in [2.45, 2.75) is 6.92 Å². The van der Waals surface area contributed by atoms with Crippen LogP contribution in [0.4, 0.5) is 5.69 Å². The van der Waals surface area contributed by atoms with Gasteiger partial charge in [0, 0.05) is 10.6 Å². The minimum Gasteiger partial charge on any atom is -0.493 e. The molecular weight excluding hydrogens is 390 g/mol. The third-order valence-electron chi connectivity index (χ3n) is 3.66. The molecule has 0 aliphatic carbocycles. The number of methoxy groups -OCH3 is 1. The van der Waals surface area contributed by atoms with Crippen molar-refractivity contribution in [1.82, 2.24) is 0 Å². The number of anilines is 1. The summed E-state index contributed by atoms with van der Waals surface area (Å²) in [6, 6.07) is 12.6. The number of carbonyl (C=O) groups excluding carboxylic acids is 1. The quantitative estimate of drug-likeness (QED) is 0.508. The number of thiocarbonyl (C=S) groups is 1. The summed E-state index contributed by atoms with van der Waals surface area (Å²) in [6.07, 6.45) is 1.78. The Labute approximate surface area is 166 Å². The molecule has 0 N–H and O–H groups in total. The third kappa shape index (κ3) is 3.72. The van der Waals surface area contributed by atoms with Crippen molar-refractivity contribution < 1.29 is 14.3 Å². The Kier molecular flexibility index (Phi) is 5.86. The van der Waals surface area contributed by atoms with Crippen LogP contribution in [0.3, 0.4) is 0 Å². The van der Waals surface area contributed by atoms with E-state index in [0.717, 1.165) is 5.56 Å². The Bertz CT molecular complexity index is 898. The van der Waals surface area contributed by atoms with E-state index < -0.39 is 0 Å². The molecule has 2 aromatic rings. The molecule has 26 heavy (non-hydrogen) atoms. The first-order chi connectivity index (χ1) is 12.5. The van der Waals surface area contributed by atoms with E-state index in [9.17, 15) is 4.79 Å². The van der Waals surface area contributed by atoms with Crippen molar-refractivity contribution in [2.24, 2.45) is 0 Å². The molecule has 4 nitrogen and oxygen atoms in total. The molecular formula is C19H16ClNO3S2. The topological polar surface area (TPSA) is 38.8 Å². The smallest absolute Gasteiger partial charge is 0.270 e. The molecule has 1 aliphatic heterocycles. The number of amides is 1. The van der Waals surface area contributed by atoms with Crippen LogP contribution in [0.15, 0.2) is 47.4 Å². The van der Waals surface area contributed by atoms with Crippen LogP contribution in [0.2, 0.25) is 5.02 Å². The zero-order valence-electron chi connectivity index (χ0n) is 14.2. The van der Waals surface area contributed by atoms with Gasteiger partial charge in [-0.3, -0.25) is 9.69 Å². The van der Waals surface area contributed by atoms with Gasteiger partial charge in [0.15, 0.2) is 15.8 Å². The average molecular weight is 406 g/mol. The number of ether oxygens (including phenoxy) is 2. The summed E-state index contributed by atoms with van der Waals surface area (Å²) < 4.78 is 11.5. The van der Waals surface area contributed by atoms with Crippen LogP contribution in [0.25, 0.3) is 6.08 Å². The molecule has 2 aromatic carbocycles. The monoisotopic (exact) mass is 405 g/mol. The molecule has 1 amide bonds. The Morgan fingerprint density at radius 1 is 1.27 bits per heavy atom. The first kappa shape index (κ1) is 18.8. The standard InChI is InChI=1S/C19H16ClNO3S2/c1-3-24-17-12(6-4-9-15(17)23-2)10-16-18(22)21(19(25)26-16)14-8-5-7-13(20)11-14/h4-11H,3H2,1-2H3/b16-10-. The van der Waals surface area contributed by atoms with Gasteiger partial charge >= 0.3 is 0 Å². The summed E-state index contributed by atoms with van der Waals surface area (Å²) in [7, 11) is 1.58. The number of benzene rings is 2. The number of rotatable bonds is 5. The van der Waals surface area contributed by atoms with Gasteiger partial charge in [-0.05, 0) is 37.3 Å². The normalized spacial score (nSPS) is 15.7. The molecule has 0 bridgehead atoms. The van der Waals surface area contributed by atoms with E-state index in [-0.39, 0.29) is 5.91 Å². The molecule has 1 heterocycles. The van der Waals surface area contributed by atoms with Gasteiger partial charge in [0.05, 0.1) is 24.3 Å². The molecule has 3 rings (SSSR count). The van der Waals surface area contributed by atoms with E-state index in [1.807, 2.05) is 25.1 Å². The predicted molar refractivity (Wildman–Crippen MR) is 111 cm³/mol. The number of hydrogen-bond acceptors (Lipinski definition) is 5. The molecule has 0 radical (unpaired) electrons. The first-order valence-corrected chi connectivity index (χ1v) is 9.48. The molecule has 1 aliphatic rings. The van der Waals surface area contributed by atoms with Crippen LogP contribution in [0.5, 0.6) is 11.5 Å². The summed E-state index contributed by atoms with van der Waals surface area (Å²) in [5.74, 6) is 1.03. The molecule has 0 saturated carbocycles. The number of thioether (sulfide) groups is 1. The number of para-hydroxylation sites is 1. The lowest BCUT2D eigenvalue weighted by Crippen LogP contribution is -2.27. The second kappa shape index (κ2) is 8.12. The van der Waals surface area contributed by atoms with Crippen molar-refractivity contribution >= 4 is 57.6 Å². The summed E-state index contributed by atoms with van der Waals surface area (Å²) in [6.45, 7) is 2.39. The minimum absolute atomic E-state index is 0.187. The molecule has 1 saturated heterocycles. The Morgan fingerprint density at radius 3 is 2.73 bits per heavy atom. The van der Waals surface area contributed by atoms with Crippen molar-refractivity contribution in [3.8, 4) is 11.5 Å².